The second-order valence-electron chi connectivity index (χ2n) is 5.80. The Morgan fingerprint density at radius 2 is 2.09 bits per heavy atom. The Morgan fingerprint density at radius 3 is 2.91 bits per heavy atom. The Hall–Kier alpha value is -2.41. The maximum absolute atomic E-state index is 4.90. The largest absolute Gasteiger partial charge is 0.354 e. The monoisotopic (exact) mass is 311 g/mol. The van der Waals surface area contributed by atoms with E-state index in [1.807, 2.05) is 12.2 Å². The first-order valence-corrected chi connectivity index (χ1v) is 8.03. The van der Waals surface area contributed by atoms with Gasteiger partial charge in [-0.25, -0.2) is 4.98 Å². The molecule has 1 unspecified atom stereocenters. The average Bonchev–Trinajstić information content (AvgIpc) is 3.05. The van der Waals surface area contributed by atoms with Crippen molar-refractivity contribution in [3.8, 4) is 0 Å². The summed E-state index contributed by atoms with van der Waals surface area (Å²) < 4.78 is 0. The molecule has 0 aromatic carbocycles. The van der Waals surface area contributed by atoms with Crippen LogP contribution in [-0.2, 0) is 0 Å². The Labute approximate surface area is 135 Å². The van der Waals surface area contributed by atoms with Gasteiger partial charge in [0, 0.05) is 33.2 Å². The SMILES string of the molecule is CN=C1C=CC2=NCC(c3cccc(N4CCNCC4)n3)N2N1. The average molecular weight is 311 g/mol. The summed E-state index contributed by atoms with van der Waals surface area (Å²) in [6.45, 7) is 4.73. The van der Waals surface area contributed by atoms with E-state index in [1.54, 1.807) is 7.05 Å². The molecule has 1 atom stereocenters. The molecule has 1 aromatic heterocycles. The van der Waals surface area contributed by atoms with Crippen molar-refractivity contribution in [2.24, 2.45) is 9.98 Å². The van der Waals surface area contributed by atoms with E-state index in [4.69, 9.17) is 4.98 Å². The molecule has 4 rings (SSSR count). The van der Waals surface area contributed by atoms with E-state index < -0.39 is 0 Å². The molecule has 3 aliphatic rings. The highest BCUT2D eigenvalue weighted by Gasteiger charge is 2.31. The number of anilines is 1. The minimum atomic E-state index is 0.106. The molecule has 23 heavy (non-hydrogen) atoms. The molecule has 4 heterocycles. The number of pyridine rings is 1. The predicted octanol–water partition coefficient (Wildman–Crippen LogP) is 0.349. The fraction of sp³-hybridized carbons (Fsp3) is 0.438. The third-order valence-electron chi connectivity index (χ3n) is 4.39. The fourth-order valence-corrected chi connectivity index (χ4v) is 3.13. The molecule has 7 heteroatoms. The van der Waals surface area contributed by atoms with Crippen LogP contribution in [0.25, 0.3) is 0 Å². The minimum absolute atomic E-state index is 0.106. The molecule has 0 aliphatic carbocycles. The fourth-order valence-electron chi connectivity index (χ4n) is 3.13. The van der Waals surface area contributed by atoms with Gasteiger partial charge in [0.05, 0.1) is 12.2 Å². The second kappa shape index (κ2) is 6.00. The first kappa shape index (κ1) is 14.2. The van der Waals surface area contributed by atoms with Crippen LogP contribution >= 0.6 is 0 Å². The van der Waals surface area contributed by atoms with E-state index in [9.17, 15) is 0 Å². The van der Waals surface area contributed by atoms with Gasteiger partial charge in [-0.3, -0.25) is 20.4 Å². The Bertz CT molecular complexity index is 673. The molecule has 7 nitrogen and oxygen atoms in total. The molecule has 1 saturated heterocycles. The number of hydrogen-bond donors (Lipinski definition) is 2. The van der Waals surface area contributed by atoms with Gasteiger partial charge in [-0.1, -0.05) is 6.07 Å². The lowest BCUT2D eigenvalue weighted by Gasteiger charge is -2.32. The van der Waals surface area contributed by atoms with Crippen molar-refractivity contribution < 1.29 is 0 Å². The van der Waals surface area contributed by atoms with Gasteiger partial charge in [-0.2, -0.15) is 0 Å². The summed E-state index contributed by atoms with van der Waals surface area (Å²) in [6.07, 6.45) is 3.95. The van der Waals surface area contributed by atoms with E-state index >= 15 is 0 Å². The van der Waals surface area contributed by atoms with Crippen molar-refractivity contribution in [1.82, 2.24) is 20.7 Å². The lowest BCUT2D eigenvalue weighted by Crippen LogP contribution is -2.47. The summed E-state index contributed by atoms with van der Waals surface area (Å²) in [6, 6.07) is 6.37. The van der Waals surface area contributed by atoms with E-state index in [0.29, 0.717) is 6.54 Å². The Kier molecular flexibility index (Phi) is 3.70. The molecule has 0 saturated carbocycles. The van der Waals surface area contributed by atoms with E-state index in [1.165, 1.54) is 0 Å². The molecule has 2 N–H and O–H groups in total. The van der Waals surface area contributed by atoms with Crippen molar-refractivity contribution in [2.45, 2.75) is 6.04 Å². The number of piperazine rings is 1. The molecular weight excluding hydrogens is 290 g/mol. The van der Waals surface area contributed by atoms with Crippen LogP contribution in [0.5, 0.6) is 0 Å². The zero-order valence-electron chi connectivity index (χ0n) is 13.2. The number of nitrogens with one attached hydrogen (secondary N) is 2. The number of aromatic nitrogens is 1. The predicted molar refractivity (Wildman–Crippen MR) is 91.8 cm³/mol. The quantitative estimate of drug-likeness (QED) is 0.825. The number of amidine groups is 2. The summed E-state index contributed by atoms with van der Waals surface area (Å²) in [5.41, 5.74) is 4.35. The maximum atomic E-state index is 4.90. The molecule has 0 bridgehead atoms. The van der Waals surface area contributed by atoms with Gasteiger partial charge in [0.1, 0.15) is 23.5 Å². The van der Waals surface area contributed by atoms with Crippen LogP contribution in [0.1, 0.15) is 11.7 Å². The number of hydrazine groups is 1. The molecular formula is C16H21N7. The number of fused-ring (bicyclic) bond motifs is 1. The van der Waals surface area contributed by atoms with Crippen molar-refractivity contribution in [3.63, 3.8) is 0 Å². The van der Waals surface area contributed by atoms with Crippen molar-refractivity contribution >= 4 is 17.5 Å². The molecule has 1 aromatic rings. The van der Waals surface area contributed by atoms with Crippen molar-refractivity contribution in [2.75, 3.05) is 44.7 Å². The molecule has 0 radical (unpaired) electrons. The van der Waals surface area contributed by atoms with Gasteiger partial charge >= 0.3 is 0 Å². The summed E-state index contributed by atoms with van der Waals surface area (Å²) in [7, 11) is 1.78. The molecule has 3 aliphatic heterocycles. The number of hydrogen-bond acceptors (Lipinski definition) is 6. The lowest BCUT2D eigenvalue weighted by atomic mass is 10.1. The van der Waals surface area contributed by atoms with E-state index in [-0.39, 0.29) is 6.04 Å². The van der Waals surface area contributed by atoms with Crippen LogP contribution < -0.4 is 15.6 Å². The van der Waals surface area contributed by atoms with Gasteiger partial charge in [-0.05, 0) is 24.3 Å². The molecule has 120 valence electrons. The van der Waals surface area contributed by atoms with Gasteiger partial charge in [0.2, 0.25) is 0 Å². The zero-order chi connectivity index (χ0) is 15.6. The Balaban J connectivity index is 1.58. The maximum Gasteiger partial charge on any atom is 0.143 e. The minimum Gasteiger partial charge on any atom is -0.354 e. The standard InChI is InChI=1S/C16H21N7/c1-17-14-5-6-15-19-11-13(23(15)21-14)12-3-2-4-16(20-12)22-9-7-18-8-10-22/h2-6,13,18H,7-11H2,1H3,(H,17,21). The van der Waals surface area contributed by atoms with Crippen LogP contribution in [0.4, 0.5) is 5.82 Å². The normalized spacial score (nSPS) is 25.3. The molecule has 0 amide bonds. The van der Waals surface area contributed by atoms with Crippen LogP contribution in [0.15, 0.2) is 40.3 Å². The number of nitrogens with zero attached hydrogens (tertiary/aromatic N) is 5. The summed E-state index contributed by atoms with van der Waals surface area (Å²) in [4.78, 5) is 16.0. The third-order valence-corrected chi connectivity index (χ3v) is 4.39. The third kappa shape index (κ3) is 2.68. The highest BCUT2D eigenvalue weighted by molar-refractivity contribution is 6.06. The lowest BCUT2D eigenvalue weighted by molar-refractivity contribution is 0.305. The number of aliphatic imine (C=N–C) groups is 2. The van der Waals surface area contributed by atoms with Crippen molar-refractivity contribution in [3.05, 3.63) is 36.0 Å². The first-order chi connectivity index (χ1) is 11.3. The van der Waals surface area contributed by atoms with E-state index in [0.717, 1.165) is 49.4 Å². The van der Waals surface area contributed by atoms with Crippen LogP contribution in [0.3, 0.4) is 0 Å². The second-order valence-corrected chi connectivity index (χ2v) is 5.80. The van der Waals surface area contributed by atoms with Gasteiger partial charge in [0.25, 0.3) is 0 Å². The summed E-state index contributed by atoms with van der Waals surface area (Å²) in [5.74, 6) is 2.83. The summed E-state index contributed by atoms with van der Waals surface area (Å²) in [5, 5.41) is 5.44. The first-order valence-electron chi connectivity index (χ1n) is 8.03. The van der Waals surface area contributed by atoms with Crippen LogP contribution in [0.2, 0.25) is 0 Å². The molecule has 0 spiro atoms. The van der Waals surface area contributed by atoms with Gasteiger partial charge < -0.3 is 10.2 Å². The highest BCUT2D eigenvalue weighted by atomic mass is 15.6. The van der Waals surface area contributed by atoms with Gasteiger partial charge in [0.15, 0.2) is 0 Å². The topological polar surface area (TPSA) is 68.2 Å². The van der Waals surface area contributed by atoms with E-state index in [2.05, 4.69) is 48.8 Å². The highest BCUT2D eigenvalue weighted by Crippen LogP contribution is 2.27. The molecule has 1 fully saturated rings. The van der Waals surface area contributed by atoms with Crippen LogP contribution in [0, 0.1) is 0 Å². The van der Waals surface area contributed by atoms with Crippen LogP contribution in [-0.4, -0.2) is 61.4 Å². The smallest absolute Gasteiger partial charge is 0.143 e. The Morgan fingerprint density at radius 1 is 1.22 bits per heavy atom. The van der Waals surface area contributed by atoms with Gasteiger partial charge in [-0.15, -0.1) is 0 Å². The summed E-state index contributed by atoms with van der Waals surface area (Å²) >= 11 is 0. The van der Waals surface area contributed by atoms with Crippen molar-refractivity contribution in [1.29, 1.82) is 0 Å². The number of rotatable bonds is 2. The zero-order valence-corrected chi connectivity index (χ0v) is 13.2.